The van der Waals surface area contributed by atoms with E-state index in [0.717, 1.165) is 31.9 Å². The topological polar surface area (TPSA) is 30.5 Å². The van der Waals surface area contributed by atoms with E-state index in [2.05, 4.69) is 48.8 Å². The molecule has 1 aliphatic heterocycles. The molecule has 1 aromatic carbocycles. The summed E-state index contributed by atoms with van der Waals surface area (Å²) in [5.74, 6) is 0.992. The Morgan fingerprint density at radius 3 is 2.91 bits per heavy atom. The van der Waals surface area contributed by atoms with Gasteiger partial charge in [0.15, 0.2) is 0 Å². The quantitative estimate of drug-likeness (QED) is 0.878. The molecule has 1 aliphatic rings. The van der Waals surface area contributed by atoms with Crippen molar-refractivity contribution in [3.05, 3.63) is 51.2 Å². The van der Waals surface area contributed by atoms with Gasteiger partial charge in [0.1, 0.15) is 11.9 Å². The van der Waals surface area contributed by atoms with Crippen molar-refractivity contribution in [2.45, 2.75) is 39.5 Å². The number of rotatable bonds is 6. The molecule has 118 valence electrons. The highest BCUT2D eigenvalue weighted by molar-refractivity contribution is 7.10. The number of aryl methyl sites for hydroxylation is 2. The van der Waals surface area contributed by atoms with Crippen molar-refractivity contribution in [1.82, 2.24) is 5.32 Å². The van der Waals surface area contributed by atoms with Gasteiger partial charge < -0.3 is 14.8 Å². The highest BCUT2D eigenvalue weighted by Crippen LogP contribution is 2.24. The summed E-state index contributed by atoms with van der Waals surface area (Å²) in [4.78, 5) is 1.40. The van der Waals surface area contributed by atoms with E-state index in [1.54, 1.807) is 0 Å². The number of hydrogen-bond donors (Lipinski definition) is 1. The lowest BCUT2D eigenvalue weighted by molar-refractivity contribution is 0.140. The molecule has 3 nitrogen and oxygen atoms in total. The van der Waals surface area contributed by atoms with Crippen molar-refractivity contribution in [2.75, 3.05) is 13.2 Å². The first-order chi connectivity index (χ1) is 10.7. The van der Waals surface area contributed by atoms with Gasteiger partial charge in [-0.3, -0.25) is 0 Å². The zero-order chi connectivity index (χ0) is 15.4. The molecule has 0 bridgehead atoms. The third kappa shape index (κ3) is 3.88. The highest BCUT2D eigenvalue weighted by atomic mass is 32.1. The molecule has 1 saturated heterocycles. The zero-order valence-electron chi connectivity index (χ0n) is 13.2. The van der Waals surface area contributed by atoms with Gasteiger partial charge in [-0.15, -0.1) is 11.3 Å². The van der Waals surface area contributed by atoms with Crippen LogP contribution in [0.1, 0.15) is 28.0 Å². The van der Waals surface area contributed by atoms with E-state index in [9.17, 15) is 0 Å². The van der Waals surface area contributed by atoms with E-state index < -0.39 is 0 Å². The van der Waals surface area contributed by atoms with Crippen LogP contribution in [0.15, 0.2) is 29.6 Å². The van der Waals surface area contributed by atoms with E-state index >= 15 is 0 Å². The lowest BCUT2D eigenvalue weighted by Crippen LogP contribution is -2.19. The largest absolute Gasteiger partial charge is 0.488 e. The van der Waals surface area contributed by atoms with Crippen molar-refractivity contribution >= 4 is 11.3 Å². The number of benzene rings is 1. The Bertz CT molecular complexity index is 617. The fraction of sp³-hybridized carbons (Fsp3) is 0.444. The zero-order valence-corrected chi connectivity index (χ0v) is 14.0. The van der Waals surface area contributed by atoms with Gasteiger partial charge in [0.25, 0.3) is 0 Å². The predicted octanol–water partition coefficient (Wildman–Crippen LogP) is 3.82. The first kappa shape index (κ1) is 15.5. The Labute approximate surface area is 136 Å². The molecule has 1 unspecified atom stereocenters. The summed E-state index contributed by atoms with van der Waals surface area (Å²) in [6, 6.07) is 8.61. The molecule has 0 radical (unpaired) electrons. The maximum Gasteiger partial charge on any atom is 0.124 e. The molecule has 2 heterocycles. The number of thiophene rings is 1. The highest BCUT2D eigenvalue weighted by Gasteiger charge is 2.18. The van der Waals surface area contributed by atoms with E-state index in [1.807, 2.05) is 11.3 Å². The first-order valence-electron chi connectivity index (χ1n) is 7.80. The van der Waals surface area contributed by atoms with Gasteiger partial charge in [-0.05, 0) is 42.5 Å². The normalized spacial score (nSPS) is 17.8. The Morgan fingerprint density at radius 2 is 2.18 bits per heavy atom. The van der Waals surface area contributed by atoms with Crippen molar-refractivity contribution < 1.29 is 9.47 Å². The lowest BCUT2D eigenvalue weighted by atomic mass is 10.1. The summed E-state index contributed by atoms with van der Waals surface area (Å²) >= 11 is 1.81. The molecule has 1 fully saturated rings. The standard InChI is InChI=1S/C18H23NO2S/c1-13-3-4-15(10-19-11-18-14(2)6-8-22-18)17(9-13)21-16-5-7-20-12-16/h3-4,6,8-9,16,19H,5,7,10-12H2,1-2H3. The molecule has 4 heteroatoms. The van der Waals surface area contributed by atoms with Crippen LogP contribution in [0, 0.1) is 13.8 Å². The van der Waals surface area contributed by atoms with Crippen molar-refractivity contribution in [1.29, 1.82) is 0 Å². The Morgan fingerprint density at radius 1 is 1.27 bits per heavy atom. The first-order valence-corrected chi connectivity index (χ1v) is 8.68. The van der Waals surface area contributed by atoms with Crippen molar-refractivity contribution in [3.63, 3.8) is 0 Å². The maximum absolute atomic E-state index is 6.14. The van der Waals surface area contributed by atoms with Gasteiger partial charge in [0.2, 0.25) is 0 Å². The SMILES string of the molecule is Cc1ccc(CNCc2sccc2C)c(OC2CCOC2)c1. The third-order valence-electron chi connectivity index (χ3n) is 3.97. The molecular weight excluding hydrogens is 294 g/mol. The molecule has 0 saturated carbocycles. The Hall–Kier alpha value is -1.36. The number of ether oxygens (including phenoxy) is 2. The maximum atomic E-state index is 6.14. The van der Waals surface area contributed by atoms with E-state index in [1.165, 1.54) is 21.6 Å². The van der Waals surface area contributed by atoms with Gasteiger partial charge in [-0.2, -0.15) is 0 Å². The molecule has 0 amide bonds. The summed E-state index contributed by atoms with van der Waals surface area (Å²) in [5, 5.41) is 5.67. The van der Waals surface area contributed by atoms with Crippen LogP contribution >= 0.6 is 11.3 Å². The average Bonchev–Trinajstić information content (AvgIpc) is 3.14. The molecule has 22 heavy (non-hydrogen) atoms. The third-order valence-corrected chi connectivity index (χ3v) is 5.00. The van der Waals surface area contributed by atoms with Crippen LogP contribution in [0.2, 0.25) is 0 Å². The van der Waals surface area contributed by atoms with Crippen molar-refractivity contribution in [3.8, 4) is 5.75 Å². The van der Waals surface area contributed by atoms with Crippen LogP contribution in [0.4, 0.5) is 0 Å². The van der Waals surface area contributed by atoms with Crippen LogP contribution in [-0.4, -0.2) is 19.3 Å². The smallest absolute Gasteiger partial charge is 0.124 e. The molecular formula is C18H23NO2S. The Kier molecular flexibility index (Phi) is 5.13. The van der Waals surface area contributed by atoms with Crippen LogP contribution in [0.25, 0.3) is 0 Å². The predicted molar refractivity (Wildman–Crippen MR) is 90.6 cm³/mol. The second-order valence-electron chi connectivity index (χ2n) is 5.84. The molecule has 1 atom stereocenters. The lowest BCUT2D eigenvalue weighted by Gasteiger charge is -2.17. The summed E-state index contributed by atoms with van der Waals surface area (Å²) in [6.07, 6.45) is 1.18. The minimum Gasteiger partial charge on any atom is -0.488 e. The summed E-state index contributed by atoms with van der Waals surface area (Å²) in [5.41, 5.74) is 3.81. The second-order valence-corrected chi connectivity index (χ2v) is 6.85. The van der Waals surface area contributed by atoms with Gasteiger partial charge in [-0.1, -0.05) is 12.1 Å². The van der Waals surface area contributed by atoms with Crippen LogP contribution in [0.3, 0.4) is 0 Å². The fourth-order valence-electron chi connectivity index (χ4n) is 2.60. The molecule has 1 N–H and O–H groups in total. The molecule has 3 rings (SSSR count). The second kappa shape index (κ2) is 7.27. The average molecular weight is 317 g/mol. The van der Waals surface area contributed by atoms with Crippen LogP contribution in [0.5, 0.6) is 5.75 Å². The van der Waals surface area contributed by atoms with Crippen molar-refractivity contribution in [2.24, 2.45) is 0 Å². The fourth-order valence-corrected chi connectivity index (χ4v) is 3.47. The minimum absolute atomic E-state index is 0.195. The van der Waals surface area contributed by atoms with Gasteiger partial charge in [0.05, 0.1) is 13.2 Å². The minimum atomic E-state index is 0.195. The van der Waals surface area contributed by atoms with Crippen LogP contribution in [-0.2, 0) is 17.8 Å². The van der Waals surface area contributed by atoms with E-state index in [-0.39, 0.29) is 6.10 Å². The van der Waals surface area contributed by atoms with E-state index in [0.29, 0.717) is 6.61 Å². The Balaban J connectivity index is 1.63. The summed E-state index contributed by atoms with van der Waals surface area (Å²) in [7, 11) is 0. The molecule has 1 aromatic heterocycles. The van der Waals surface area contributed by atoms with Gasteiger partial charge in [-0.25, -0.2) is 0 Å². The van der Waals surface area contributed by atoms with Gasteiger partial charge in [0, 0.05) is 30.0 Å². The monoisotopic (exact) mass is 317 g/mol. The van der Waals surface area contributed by atoms with Gasteiger partial charge >= 0.3 is 0 Å². The molecule has 0 spiro atoms. The summed E-state index contributed by atoms with van der Waals surface area (Å²) < 4.78 is 11.5. The van der Waals surface area contributed by atoms with Crippen LogP contribution < -0.4 is 10.1 Å². The number of nitrogens with one attached hydrogen (secondary N) is 1. The number of hydrogen-bond acceptors (Lipinski definition) is 4. The van der Waals surface area contributed by atoms with E-state index in [4.69, 9.17) is 9.47 Å². The molecule has 2 aromatic rings. The summed E-state index contributed by atoms with van der Waals surface area (Å²) in [6.45, 7) is 7.50. The molecule has 0 aliphatic carbocycles.